The Morgan fingerprint density at radius 2 is 2.25 bits per heavy atom. The third-order valence-electron chi connectivity index (χ3n) is 2.31. The predicted octanol–water partition coefficient (Wildman–Crippen LogP) is 2.38. The Morgan fingerprint density at radius 1 is 1.50 bits per heavy atom. The number of rotatable bonds is 3. The van der Waals surface area contributed by atoms with Crippen molar-refractivity contribution in [1.82, 2.24) is 14.8 Å². The number of hydrogen-bond donors (Lipinski definition) is 0. The third-order valence-corrected chi connectivity index (χ3v) is 3.10. The van der Waals surface area contributed by atoms with Gasteiger partial charge in [-0.25, -0.2) is 4.98 Å². The molecule has 16 heavy (non-hydrogen) atoms. The molecule has 84 valence electrons. The van der Waals surface area contributed by atoms with Crippen molar-refractivity contribution >= 4 is 17.1 Å². The molecule has 0 aliphatic heterocycles. The maximum Gasteiger partial charge on any atom is 0.183 e. The molecule has 2 rings (SSSR count). The lowest BCUT2D eigenvalue weighted by molar-refractivity contribution is 0.0930. The Kier molecular flexibility index (Phi) is 2.87. The Labute approximate surface area is 97.9 Å². The minimum atomic E-state index is -0.0143. The second-order valence-corrected chi connectivity index (χ2v) is 4.79. The highest BCUT2D eigenvalue weighted by atomic mass is 32.1. The highest BCUT2D eigenvalue weighted by Gasteiger charge is 2.17. The van der Waals surface area contributed by atoms with Gasteiger partial charge in [0.2, 0.25) is 0 Å². The van der Waals surface area contributed by atoms with Crippen LogP contribution in [0.4, 0.5) is 0 Å². The van der Waals surface area contributed by atoms with Gasteiger partial charge in [0.1, 0.15) is 16.4 Å². The minimum Gasteiger partial charge on any atom is -0.292 e. The standard InChI is InChI=1S/C11H13N3OS/c1-7(2)10(15)9-6-8(13-14(9)3)11-12-4-5-16-11/h4-7H,1-3H3. The van der Waals surface area contributed by atoms with Gasteiger partial charge in [0, 0.05) is 24.5 Å². The van der Waals surface area contributed by atoms with Crippen molar-refractivity contribution in [1.29, 1.82) is 0 Å². The molecule has 5 heteroatoms. The van der Waals surface area contributed by atoms with Gasteiger partial charge in [-0.2, -0.15) is 5.10 Å². The minimum absolute atomic E-state index is 0.0143. The van der Waals surface area contributed by atoms with E-state index in [1.165, 1.54) is 11.3 Å². The number of ketones is 1. The second kappa shape index (κ2) is 4.17. The van der Waals surface area contributed by atoms with E-state index in [0.29, 0.717) is 5.69 Å². The molecule has 0 N–H and O–H groups in total. The summed E-state index contributed by atoms with van der Waals surface area (Å²) in [5.74, 6) is 0.0948. The molecule has 0 bridgehead atoms. The van der Waals surface area contributed by atoms with Crippen LogP contribution in [0.3, 0.4) is 0 Å². The number of carbonyl (C=O) groups excluding carboxylic acids is 1. The number of aromatic nitrogens is 3. The summed E-state index contributed by atoms with van der Waals surface area (Å²) in [5, 5.41) is 7.04. The van der Waals surface area contributed by atoms with E-state index in [4.69, 9.17) is 0 Å². The van der Waals surface area contributed by atoms with Gasteiger partial charge in [-0.15, -0.1) is 11.3 Å². The first kappa shape index (κ1) is 11.0. The molecule has 0 fully saturated rings. The largest absolute Gasteiger partial charge is 0.292 e. The van der Waals surface area contributed by atoms with E-state index in [0.717, 1.165) is 10.7 Å². The van der Waals surface area contributed by atoms with Crippen LogP contribution in [0.5, 0.6) is 0 Å². The first-order valence-electron chi connectivity index (χ1n) is 5.07. The normalized spacial score (nSPS) is 11.0. The molecule has 2 heterocycles. The average molecular weight is 235 g/mol. The van der Waals surface area contributed by atoms with Gasteiger partial charge in [0.25, 0.3) is 0 Å². The van der Waals surface area contributed by atoms with Gasteiger partial charge in [0.05, 0.1) is 0 Å². The van der Waals surface area contributed by atoms with Crippen LogP contribution in [0.25, 0.3) is 10.7 Å². The number of nitrogens with zero attached hydrogens (tertiary/aromatic N) is 3. The van der Waals surface area contributed by atoms with Gasteiger partial charge >= 0.3 is 0 Å². The van der Waals surface area contributed by atoms with Gasteiger partial charge in [-0.3, -0.25) is 9.48 Å². The van der Waals surface area contributed by atoms with E-state index in [9.17, 15) is 4.79 Å². The topological polar surface area (TPSA) is 47.8 Å². The van der Waals surface area contributed by atoms with Gasteiger partial charge < -0.3 is 0 Å². The zero-order chi connectivity index (χ0) is 11.7. The summed E-state index contributed by atoms with van der Waals surface area (Å²) in [6.45, 7) is 3.77. The fourth-order valence-electron chi connectivity index (χ4n) is 1.45. The summed E-state index contributed by atoms with van der Waals surface area (Å²) in [6.07, 6.45) is 1.73. The number of carbonyl (C=O) groups is 1. The molecule has 0 aliphatic carbocycles. The van der Waals surface area contributed by atoms with E-state index in [-0.39, 0.29) is 11.7 Å². The van der Waals surface area contributed by atoms with E-state index in [1.54, 1.807) is 24.0 Å². The smallest absolute Gasteiger partial charge is 0.183 e. The summed E-state index contributed by atoms with van der Waals surface area (Å²) in [5.41, 5.74) is 1.40. The van der Waals surface area contributed by atoms with Crippen molar-refractivity contribution in [2.75, 3.05) is 0 Å². The number of thiazole rings is 1. The summed E-state index contributed by atoms with van der Waals surface area (Å²) in [6, 6.07) is 1.81. The van der Waals surface area contributed by atoms with Crippen molar-refractivity contribution in [2.45, 2.75) is 13.8 Å². The van der Waals surface area contributed by atoms with Crippen LogP contribution in [-0.2, 0) is 7.05 Å². The Balaban J connectivity index is 2.40. The van der Waals surface area contributed by atoms with Gasteiger partial charge in [-0.05, 0) is 6.07 Å². The molecule has 0 atom stereocenters. The van der Waals surface area contributed by atoms with Crippen molar-refractivity contribution in [3.05, 3.63) is 23.3 Å². The number of hydrogen-bond acceptors (Lipinski definition) is 4. The van der Waals surface area contributed by atoms with Crippen LogP contribution in [0.15, 0.2) is 17.6 Å². The lowest BCUT2D eigenvalue weighted by atomic mass is 10.1. The van der Waals surface area contributed by atoms with Crippen LogP contribution >= 0.6 is 11.3 Å². The predicted molar refractivity (Wildman–Crippen MR) is 63.5 cm³/mol. The van der Waals surface area contributed by atoms with Crippen LogP contribution in [-0.4, -0.2) is 20.5 Å². The van der Waals surface area contributed by atoms with Crippen molar-refractivity contribution in [3.8, 4) is 10.7 Å². The first-order chi connectivity index (χ1) is 7.59. The molecule has 0 unspecified atom stereocenters. The van der Waals surface area contributed by atoms with Crippen molar-refractivity contribution < 1.29 is 4.79 Å². The molecular weight excluding hydrogens is 222 g/mol. The Morgan fingerprint density at radius 3 is 2.81 bits per heavy atom. The van der Waals surface area contributed by atoms with Crippen molar-refractivity contribution in [3.63, 3.8) is 0 Å². The Bertz CT molecular complexity index is 499. The number of aryl methyl sites for hydroxylation is 1. The maximum absolute atomic E-state index is 11.9. The monoisotopic (exact) mass is 235 g/mol. The lowest BCUT2D eigenvalue weighted by Gasteiger charge is -2.02. The molecular formula is C11H13N3OS. The van der Waals surface area contributed by atoms with Crippen LogP contribution in [0, 0.1) is 5.92 Å². The molecule has 0 saturated heterocycles. The van der Waals surface area contributed by atoms with Crippen LogP contribution in [0.1, 0.15) is 24.3 Å². The van der Waals surface area contributed by atoms with Crippen LogP contribution < -0.4 is 0 Å². The molecule has 0 aromatic carbocycles. The quantitative estimate of drug-likeness (QED) is 0.767. The molecule has 2 aromatic heterocycles. The fourth-order valence-corrected chi connectivity index (χ4v) is 2.04. The molecule has 0 saturated carbocycles. The molecule has 0 radical (unpaired) electrons. The third kappa shape index (κ3) is 1.90. The second-order valence-electron chi connectivity index (χ2n) is 3.89. The van der Waals surface area contributed by atoms with E-state index in [1.807, 2.05) is 19.2 Å². The Hall–Kier alpha value is -1.49. The van der Waals surface area contributed by atoms with E-state index in [2.05, 4.69) is 10.1 Å². The van der Waals surface area contributed by atoms with Gasteiger partial charge in [-0.1, -0.05) is 13.8 Å². The molecule has 0 amide bonds. The highest BCUT2D eigenvalue weighted by molar-refractivity contribution is 7.13. The van der Waals surface area contributed by atoms with Crippen molar-refractivity contribution in [2.24, 2.45) is 13.0 Å². The van der Waals surface area contributed by atoms with E-state index < -0.39 is 0 Å². The molecule has 0 aliphatic rings. The van der Waals surface area contributed by atoms with Gasteiger partial charge in [0.15, 0.2) is 5.78 Å². The van der Waals surface area contributed by atoms with Crippen LogP contribution in [0.2, 0.25) is 0 Å². The zero-order valence-corrected chi connectivity index (χ0v) is 10.3. The van der Waals surface area contributed by atoms with E-state index >= 15 is 0 Å². The first-order valence-corrected chi connectivity index (χ1v) is 5.95. The maximum atomic E-state index is 11.9. The number of Topliss-reactive ketones (excluding diaryl/α,β-unsaturated/α-hetero) is 1. The summed E-state index contributed by atoms with van der Waals surface area (Å²) < 4.78 is 1.62. The highest BCUT2D eigenvalue weighted by Crippen LogP contribution is 2.22. The molecule has 0 spiro atoms. The summed E-state index contributed by atoms with van der Waals surface area (Å²) in [4.78, 5) is 16.0. The SMILES string of the molecule is CC(C)C(=O)c1cc(-c2nccs2)nn1C. The lowest BCUT2D eigenvalue weighted by Crippen LogP contribution is -2.12. The summed E-state index contributed by atoms with van der Waals surface area (Å²) >= 11 is 1.52. The average Bonchev–Trinajstić information content (AvgIpc) is 2.84. The molecule has 4 nitrogen and oxygen atoms in total. The summed E-state index contributed by atoms with van der Waals surface area (Å²) in [7, 11) is 1.78. The fraction of sp³-hybridized carbons (Fsp3) is 0.364. The zero-order valence-electron chi connectivity index (χ0n) is 9.47. The molecule has 2 aromatic rings.